The number of rotatable bonds is 31. The average molecular weight is 1260 g/mol. The van der Waals surface area contributed by atoms with Gasteiger partial charge in [0.05, 0.1) is 0 Å². The zero-order valence-electron chi connectivity index (χ0n) is 44.8. The molecule has 0 rings (SSSR count). The van der Waals surface area contributed by atoms with E-state index >= 15 is 0 Å². The summed E-state index contributed by atoms with van der Waals surface area (Å²) in [7, 11) is -44.1. The molecule has 0 aliphatic carbocycles. The van der Waals surface area contributed by atoms with Crippen molar-refractivity contribution in [2.45, 2.75) is 0 Å². The van der Waals surface area contributed by atoms with Crippen molar-refractivity contribution in [3.8, 4) is 0 Å². The predicted molar refractivity (Wildman–Crippen MR) is 255 cm³/mol. The molecule has 0 saturated heterocycles. The normalized spacial score (nSPS) is 11.5. The van der Waals surface area contributed by atoms with Gasteiger partial charge in [0.15, 0.2) is 0 Å². The molecule has 64 N–H and O–H groups in total. The predicted octanol–water partition coefficient (Wildman–Crippen LogP) is -8.21. The molecular formula is C18H100N22O24P8. The molecule has 0 aromatic carbocycles. The van der Waals surface area contributed by atoms with Crippen molar-refractivity contribution in [1.29, 1.82) is 0 Å². The van der Waals surface area contributed by atoms with Gasteiger partial charge in [-0.15, -0.1) is 0 Å². The first kappa shape index (κ1) is 120. The van der Waals surface area contributed by atoms with Crippen LogP contribution in [0.15, 0.2) is 0 Å². The second-order valence-electron chi connectivity index (χ2n) is 12.3. The number of nitrogens with zero attached hydrogens (tertiary/aromatic N) is 6. The summed E-state index contributed by atoms with van der Waals surface area (Å²) >= 11 is 0. The molecule has 0 amide bonds. The van der Waals surface area contributed by atoms with E-state index in [4.69, 9.17) is 0 Å². The Kier molecular flexibility index (Phi) is 82.8. The van der Waals surface area contributed by atoms with Gasteiger partial charge < -0.3 is 213 Å². The Hall–Kier alpha value is 0.320. The molecule has 0 heterocycles. The van der Waals surface area contributed by atoms with E-state index in [9.17, 15) is 115 Å². The summed E-state index contributed by atoms with van der Waals surface area (Å²) in [4.78, 5) is 185. The summed E-state index contributed by atoms with van der Waals surface area (Å²) in [5.41, 5.74) is 0. The van der Waals surface area contributed by atoms with Gasteiger partial charge in [0.1, 0.15) is 0 Å². The Labute approximate surface area is 418 Å². The lowest BCUT2D eigenvalue weighted by molar-refractivity contribution is -0.321. The molecule has 0 aromatic heterocycles. The Morgan fingerprint density at radius 1 is 0.167 bits per heavy atom. The standard InChI is InChI=1S/C18H52N6O24P8.16H3N/c25-49(26,27)11-19(3-5-21(13-51(31,32)33)7-9-23(15-53(37,38)39)16-54(40,41)42)1-2-20(12-50(28,29)30)4-6-22(14-52(34,35)36)8-10-24(17-55(43,44)45)18-56(46,47)48;;;;;;;;;;;;;;;;/h1-18H2,(H2,25,26,27)(H2,28,29,30)(H2,31,32,33)(H2,34,35,36)(H2,37,38,39)(H2,40,41,42)(H2,43,44,45)(H2,46,47,48);16*1H3. The van der Waals surface area contributed by atoms with Crippen LogP contribution in [0.3, 0.4) is 0 Å². The van der Waals surface area contributed by atoms with Crippen molar-refractivity contribution in [2.75, 3.05) is 116 Å². The molecule has 0 aliphatic heterocycles. The minimum atomic E-state index is -5.52. The number of hydrogen-bond acceptors (Lipinski definition) is 30. The third kappa shape index (κ3) is 79.2. The van der Waals surface area contributed by atoms with Gasteiger partial charge in [-0.25, -0.2) is 0 Å². The van der Waals surface area contributed by atoms with Crippen molar-refractivity contribution in [1.82, 2.24) is 128 Å². The molecule has 0 fully saturated rings. The Morgan fingerprint density at radius 2 is 0.236 bits per heavy atom. The second kappa shape index (κ2) is 49.6. The largest absolute Gasteiger partial charge is 0.810 e. The van der Waals surface area contributed by atoms with E-state index in [1.807, 2.05) is 0 Å². The fourth-order valence-electron chi connectivity index (χ4n) is 4.76. The van der Waals surface area contributed by atoms with Gasteiger partial charge in [-0.2, -0.15) is 0 Å². The second-order valence-corrected chi connectivity index (χ2v) is 24.3. The van der Waals surface area contributed by atoms with Gasteiger partial charge >= 0.3 is 0 Å². The van der Waals surface area contributed by atoms with Gasteiger partial charge in [-0.1, -0.05) is 60.8 Å². The van der Waals surface area contributed by atoms with E-state index in [2.05, 4.69) is 0 Å². The van der Waals surface area contributed by atoms with E-state index in [-0.39, 0.29) is 98.4 Å². The first-order valence-corrected chi connectivity index (χ1v) is 28.9. The van der Waals surface area contributed by atoms with E-state index in [1.54, 1.807) is 0 Å². The van der Waals surface area contributed by atoms with Gasteiger partial charge in [0, 0.05) is 116 Å². The van der Waals surface area contributed by atoms with Crippen LogP contribution in [0.4, 0.5) is 0 Å². The molecule has 0 unspecified atom stereocenters. The Bertz CT molecular complexity index is 1470. The van der Waals surface area contributed by atoms with Gasteiger partial charge in [0.25, 0.3) is 0 Å². The summed E-state index contributed by atoms with van der Waals surface area (Å²) < 4.78 is 91.0. The van der Waals surface area contributed by atoms with Crippen molar-refractivity contribution < 1.29 is 115 Å². The van der Waals surface area contributed by atoms with Gasteiger partial charge in [-0.3, -0.25) is 29.4 Å². The lowest BCUT2D eigenvalue weighted by atomic mass is 10.4. The maximum atomic E-state index is 11.6. The third-order valence-electron chi connectivity index (χ3n) is 6.65. The average Bonchev–Trinajstić information content (AvgIpc) is 2.87. The van der Waals surface area contributed by atoms with Crippen LogP contribution >= 0.6 is 60.8 Å². The van der Waals surface area contributed by atoms with Crippen LogP contribution < -0.4 is 177 Å². The lowest BCUT2D eigenvalue weighted by Crippen LogP contribution is -2.47. The fraction of sp³-hybridized carbons (Fsp3) is 1.00. The zero-order valence-corrected chi connectivity index (χ0v) is 51.9. The number of quaternary nitrogens is 16. The van der Waals surface area contributed by atoms with E-state index in [0.717, 1.165) is 9.80 Å². The molecule has 0 saturated carbocycles. The monoisotopic (exact) mass is 1260 g/mol. The smallest absolute Gasteiger partial charge is 0.0264 e. The molecule has 0 atom stereocenters. The molecular weight excluding hydrogens is 1160 g/mol. The minimum Gasteiger partial charge on any atom is -0.810 e. The Morgan fingerprint density at radius 3 is 0.319 bits per heavy atom. The molecule has 46 nitrogen and oxygen atoms in total. The van der Waals surface area contributed by atoms with Crippen LogP contribution in [0.1, 0.15) is 0 Å². The van der Waals surface area contributed by atoms with E-state index in [1.165, 1.54) is 0 Å². The van der Waals surface area contributed by atoms with Crippen LogP contribution in [0.5, 0.6) is 0 Å². The summed E-state index contributed by atoms with van der Waals surface area (Å²) in [5, 5.41) is 0. The molecule has 72 heavy (non-hydrogen) atoms. The highest BCUT2D eigenvalue weighted by atomic mass is 31.2. The quantitative estimate of drug-likeness (QED) is 0.0287. The SMILES string of the molecule is O=P([O-])([O-])CN(CCN(CCN(CCN(CP(=O)([O-])[O-])CP(=O)([O-])[O-])CP(=O)([O-])[O-])CP(=O)([O-])[O-])CCN(CCN(CP(=O)([O-])[O-])CP(=O)([O-])[O-])CP(=O)([O-])[O-].[NH4+].[NH4+].[NH4+].[NH4+].[NH4+].[NH4+].[NH4+].[NH4+].[NH4+].[NH4+].[NH4+].[NH4+].[NH4+].[NH4+].[NH4+].[NH4+]. The van der Waals surface area contributed by atoms with Crippen LogP contribution in [-0.2, 0) is 36.5 Å². The van der Waals surface area contributed by atoms with Gasteiger partial charge in [-0.05, 0) is 0 Å². The van der Waals surface area contributed by atoms with Crippen molar-refractivity contribution >= 4 is 60.8 Å². The molecule has 0 aliphatic rings. The number of hydrogen-bond donors (Lipinski definition) is 16. The van der Waals surface area contributed by atoms with E-state index in [0.29, 0.717) is 19.6 Å². The third-order valence-corrected chi connectivity index (χ3v) is 12.6. The zero-order chi connectivity index (χ0) is 44.2. The first-order valence-electron chi connectivity index (χ1n) is 15.1. The minimum absolute atomic E-state index is 0. The van der Waals surface area contributed by atoms with Crippen LogP contribution in [0, 0.1) is 0 Å². The lowest BCUT2D eigenvalue weighted by Gasteiger charge is -2.43. The fourth-order valence-corrected chi connectivity index (χ4v) is 11.1. The van der Waals surface area contributed by atoms with E-state index < -0.39 is 177 Å². The maximum absolute atomic E-state index is 11.6. The summed E-state index contributed by atoms with van der Waals surface area (Å²) in [6.45, 7) is -7.35. The molecule has 0 radical (unpaired) electrons. The Balaban J connectivity index is -0.000000126. The van der Waals surface area contributed by atoms with Crippen molar-refractivity contribution in [2.24, 2.45) is 0 Å². The summed E-state index contributed by atoms with van der Waals surface area (Å²) in [6.07, 6.45) is -11.6. The van der Waals surface area contributed by atoms with Crippen LogP contribution in [-0.4, -0.2) is 145 Å². The highest BCUT2D eigenvalue weighted by Crippen LogP contribution is 2.33. The molecule has 0 aromatic rings. The molecule has 466 valence electrons. The topological polar surface area (TPSA) is 1110 Å². The molecule has 0 bridgehead atoms. The maximum Gasteiger partial charge on any atom is 0.0264 e. The molecule has 54 heteroatoms. The van der Waals surface area contributed by atoms with Gasteiger partial charge in [0.2, 0.25) is 0 Å². The highest BCUT2D eigenvalue weighted by Gasteiger charge is 2.19. The van der Waals surface area contributed by atoms with Crippen LogP contribution in [0.25, 0.3) is 0 Å². The first-order chi connectivity index (χ1) is 24.7. The molecule has 0 spiro atoms. The van der Waals surface area contributed by atoms with Crippen molar-refractivity contribution in [3.63, 3.8) is 0 Å². The van der Waals surface area contributed by atoms with Crippen LogP contribution in [0.2, 0.25) is 0 Å². The summed E-state index contributed by atoms with van der Waals surface area (Å²) in [6, 6.07) is 0. The van der Waals surface area contributed by atoms with Crippen molar-refractivity contribution in [3.05, 3.63) is 0 Å². The highest BCUT2D eigenvalue weighted by molar-refractivity contribution is 7.50. The summed E-state index contributed by atoms with van der Waals surface area (Å²) in [5.74, 6) is 0.